The van der Waals surface area contributed by atoms with Crippen molar-refractivity contribution in [2.75, 3.05) is 19.4 Å². The molecule has 1 N–H and O–H groups in total. The Labute approximate surface area is 165 Å². The molecule has 0 bridgehead atoms. The zero-order chi connectivity index (χ0) is 20.4. The third-order valence-corrected chi connectivity index (χ3v) is 4.38. The second-order valence-corrected chi connectivity index (χ2v) is 6.70. The lowest BCUT2D eigenvalue weighted by molar-refractivity contribution is 0.0827. The summed E-state index contributed by atoms with van der Waals surface area (Å²) in [5, 5.41) is 6.62. The molecule has 0 spiro atoms. The highest BCUT2D eigenvalue weighted by Gasteiger charge is 2.25. The van der Waals surface area contributed by atoms with Crippen molar-refractivity contribution in [1.29, 1.82) is 0 Å². The highest BCUT2D eigenvalue weighted by atomic mass is 35.5. The van der Waals surface area contributed by atoms with Crippen LogP contribution in [0.15, 0.2) is 47.0 Å². The Morgan fingerprint density at radius 2 is 1.89 bits per heavy atom. The highest BCUT2D eigenvalue weighted by Crippen LogP contribution is 2.33. The molecule has 1 heterocycles. The molecule has 144 valence electrons. The Kier molecular flexibility index (Phi) is 5.46. The van der Waals surface area contributed by atoms with E-state index in [2.05, 4.69) is 10.5 Å². The first-order valence-electron chi connectivity index (χ1n) is 8.33. The molecule has 0 atom stereocenters. The number of amides is 2. The van der Waals surface area contributed by atoms with Gasteiger partial charge in [-0.1, -0.05) is 28.9 Å². The lowest BCUT2D eigenvalue weighted by atomic mass is 10.0. The summed E-state index contributed by atoms with van der Waals surface area (Å²) in [6.07, 6.45) is 0. The van der Waals surface area contributed by atoms with Gasteiger partial charge in [0, 0.05) is 25.3 Å². The van der Waals surface area contributed by atoms with Crippen molar-refractivity contribution in [3.05, 3.63) is 70.2 Å². The minimum Gasteiger partial charge on any atom is -0.360 e. The zero-order valence-corrected chi connectivity index (χ0v) is 16.2. The van der Waals surface area contributed by atoms with Gasteiger partial charge in [0.2, 0.25) is 0 Å². The summed E-state index contributed by atoms with van der Waals surface area (Å²) in [7, 11) is 3.27. The van der Waals surface area contributed by atoms with E-state index in [0.29, 0.717) is 11.3 Å². The van der Waals surface area contributed by atoms with E-state index in [1.165, 1.54) is 23.1 Å². The predicted molar refractivity (Wildman–Crippen MR) is 104 cm³/mol. The summed E-state index contributed by atoms with van der Waals surface area (Å²) >= 11 is 6.10. The third-order valence-electron chi connectivity index (χ3n) is 4.06. The van der Waals surface area contributed by atoms with Crippen LogP contribution in [-0.2, 0) is 0 Å². The molecule has 28 heavy (non-hydrogen) atoms. The largest absolute Gasteiger partial charge is 0.360 e. The van der Waals surface area contributed by atoms with Gasteiger partial charge in [-0.3, -0.25) is 9.59 Å². The van der Waals surface area contributed by atoms with Gasteiger partial charge in [0.05, 0.1) is 10.6 Å². The summed E-state index contributed by atoms with van der Waals surface area (Å²) in [5.74, 6) is -1.15. The molecule has 0 aliphatic rings. The second-order valence-electron chi connectivity index (χ2n) is 6.29. The fourth-order valence-corrected chi connectivity index (χ4v) is 2.97. The van der Waals surface area contributed by atoms with E-state index in [-0.39, 0.29) is 33.5 Å². The van der Waals surface area contributed by atoms with Crippen molar-refractivity contribution in [2.24, 2.45) is 0 Å². The van der Waals surface area contributed by atoms with E-state index < -0.39 is 11.7 Å². The minimum atomic E-state index is -0.617. The molecular formula is C20H17ClFN3O3. The van der Waals surface area contributed by atoms with E-state index in [1.807, 2.05) is 0 Å². The fourth-order valence-electron chi connectivity index (χ4n) is 2.72. The van der Waals surface area contributed by atoms with Gasteiger partial charge in [0.1, 0.15) is 22.8 Å². The Morgan fingerprint density at radius 3 is 2.57 bits per heavy atom. The average molecular weight is 402 g/mol. The number of hydrogen-bond acceptors (Lipinski definition) is 4. The minimum absolute atomic E-state index is 0.0114. The molecule has 3 rings (SSSR count). The van der Waals surface area contributed by atoms with Crippen LogP contribution in [0.1, 0.15) is 26.5 Å². The monoisotopic (exact) mass is 401 g/mol. The van der Waals surface area contributed by atoms with Crippen molar-refractivity contribution < 1.29 is 18.5 Å². The Morgan fingerprint density at radius 1 is 1.18 bits per heavy atom. The third kappa shape index (κ3) is 3.75. The van der Waals surface area contributed by atoms with Gasteiger partial charge >= 0.3 is 0 Å². The number of aryl methyl sites for hydroxylation is 1. The van der Waals surface area contributed by atoms with E-state index in [1.54, 1.807) is 45.3 Å². The topological polar surface area (TPSA) is 75.4 Å². The van der Waals surface area contributed by atoms with Gasteiger partial charge in [0.25, 0.3) is 11.8 Å². The van der Waals surface area contributed by atoms with Gasteiger partial charge in [0.15, 0.2) is 0 Å². The first kappa shape index (κ1) is 19.6. The molecule has 0 fully saturated rings. The summed E-state index contributed by atoms with van der Waals surface area (Å²) in [6, 6.07) is 10.7. The van der Waals surface area contributed by atoms with Crippen molar-refractivity contribution in [1.82, 2.24) is 10.1 Å². The van der Waals surface area contributed by atoms with Crippen LogP contribution in [0.5, 0.6) is 0 Å². The molecule has 0 unspecified atom stereocenters. The summed E-state index contributed by atoms with van der Waals surface area (Å²) < 4.78 is 19.4. The molecule has 3 aromatic rings. The van der Waals surface area contributed by atoms with Crippen LogP contribution < -0.4 is 5.32 Å². The first-order chi connectivity index (χ1) is 13.3. The summed E-state index contributed by atoms with van der Waals surface area (Å²) in [6.45, 7) is 1.55. The maximum Gasteiger partial charge on any atom is 0.261 e. The second kappa shape index (κ2) is 7.82. The average Bonchev–Trinajstić information content (AvgIpc) is 3.02. The zero-order valence-electron chi connectivity index (χ0n) is 15.4. The van der Waals surface area contributed by atoms with Crippen LogP contribution in [0.2, 0.25) is 5.02 Å². The van der Waals surface area contributed by atoms with Crippen molar-refractivity contribution in [3.63, 3.8) is 0 Å². The van der Waals surface area contributed by atoms with Crippen LogP contribution in [0.25, 0.3) is 11.3 Å². The van der Waals surface area contributed by atoms with E-state index in [0.717, 1.165) is 0 Å². The number of hydrogen-bond donors (Lipinski definition) is 1. The molecule has 0 aliphatic carbocycles. The van der Waals surface area contributed by atoms with E-state index in [9.17, 15) is 14.0 Å². The Balaban J connectivity index is 1.96. The molecule has 2 aromatic carbocycles. The SMILES string of the molecule is Cc1onc(-c2c(F)cccc2Cl)c1C(=O)Nc1cccc(C(=O)N(C)C)c1. The maximum atomic E-state index is 14.3. The van der Waals surface area contributed by atoms with Crippen LogP contribution in [0.3, 0.4) is 0 Å². The molecule has 0 radical (unpaired) electrons. The number of anilines is 1. The molecule has 6 nitrogen and oxygen atoms in total. The number of halogens is 2. The maximum absolute atomic E-state index is 14.3. The lowest BCUT2D eigenvalue weighted by Gasteiger charge is -2.12. The lowest BCUT2D eigenvalue weighted by Crippen LogP contribution is -2.22. The van der Waals surface area contributed by atoms with Crippen molar-refractivity contribution in [3.8, 4) is 11.3 Å². The van der Waals surface area contributed by atoms with Crippen LogP contribution in [0, 0.1) is 12.7 Å². The van der Waals surface area contributed by atoms with Gasteiger partial charge in [-0.05, 0) is 37.3 Å². The molecular weight excluding hydrogens is 385 g/mol. The number of carbonyl (C=O) groups excluding carboxylic acids is 2. The summed E-state index contributed by atoms with van der Waals surface area (Å²) in [5.41, 5.74) is 0.892. The Hall–Kier alpha value is -3.19. The predicted octanol–water partition coefficient (Wildman–Crippen LogP) is 4.40. The standard InChI is InChI=1S/C20H17ClFN3O3/c1-11-16(18(24-28-11)17-14(21)8-5-9-15(17)22)19(26)23-13-7-4-6-12(10-13)20(27)25(2)3/h4-10H,1-3H3,(H,23,26). The normalized spacial score (nSPS) is 10.6. The fraction of sp³-hybridized carbons (Fsp3) is 0.150. The van der Waals surface area contributed by atoms with Crippen LogP contribution in [-0.4, -0.2) is 36.0 Å². The van der Waals surface area contributed by atoms with Gasteiger partial charge in [-0.15, -0.1) is 0 Å². The molecule has 1 aromatic heterocycles. The van der Waals surface area contributed by atoms with Crippen molar-refractivity contribution >= 4 is 29.1 Å². The molecule has 0 saturated carbocycles. The highest BCUT2D eigenvalue weighted by molar-refractivity contribution is 6.33. The van der Waals surface area contributed by atoms with Crippen molar-refractivity contribution in [2.45, 2.75) is 6.92 Å². The molecule has 2 amide bonds. The number of nitrogens with zero attached hydrogens (tertiary/aromatic N) is 2. The summed E-state index contributed by atoms with van der Waals surface area (Å²) in [4.78, 5) is 26.4. The number of carbonyl (C=O) groups is 2. The number of benzene rings is 2. The van der Waals surface area contributed by atoms with Gasteiger partial charge < -0.3 is 14.7 Å². The number of nitrogens with one attached hydrogen (secondary N) is 1. The van der Waals surface area contributed by atoms with Gasteiger partial charge in [-0.2, -0.15) is 0 Å². The van der Waals surface area contributed by atoms with Crippen LogP contribution in [0.4, 0.5) is 10.1 Å². The smallest absolute Gasteiger partial charge is 0.261 e. The van der Waals surface area contributed by atoms with Gasteiger partial charge in [-0.25, -0.2) is 4.39 Å². The first-order valence-corrected chi connectivity index (χ1v) is 8.71. The molecule has 0 aliphatic heterocycles. The molecule has 0 saturated heterocycles. The number of rotatable bonds is 4. The Bertz CT molecular complexity index is 1040. The van der Waals surface area contributed by atoms with Crippen LogP contribution >= 0.6 is 11.6 Å². The van der Waals surface area contributed by atoms with E-state index >= 15 is 0 Å². The van der Waals surface area contributed by atoms with E-state index in [4.69, 9.17) is 16.1 Å². The molecule has 8 heteroatoms. The number of aromatic nitrogens is 1. The quantitative estimate of drug-likeness (QED) is 0.703.